The van der Waals surface area contributed by atoms with Gasteiger partial charge in [0, 0.05) is 33.3 Å². The number of ether oxygens (including phenoxy) is 1. The summed E-state index contributed by atoms with van der Waals surface area (Å²) in [4.78, 5) is 2.48. The third-order valence-corrected chi connectivity index (χ3v) is 4.06. The van der Waals surface area contributed by atoms with Crippen LogP contribution in [-0.2, 0) is 4.74 Å². The molecule has 0 aromatic rings. The van der Waals surface area contributed by atoms with Gasteiger partial charge in [-0.1, -0.05) is 0 Å². The van der Waals surface area contributed by atoms with E-state index in [-0.39, 0.29) is 0 Å². The van der Waals surface area contributed by atoms with E-state index < -0.39 is 0 Å². The minimum atomic E-state index is 0.815. The summed E-state index contributed by atoms with van der Waals surface area (Å²) in [6.45, 7) is 5.33. The Hall–Kier alpha value is -0.120. The lowest BCUT2D eigenvalue weighted by Crippen LogP contribution is -2.33. The lowest BCUT2D eigenvalue weighted by atomic mass is 10.0. The van der Waals surface area contributed by atoms with Gasteiger partial charge in [-0.15, -0.1) is 0 Å². The first-order chi connectivity index (χ1) is 7.79. The number of nitrogens with zero attached hydrogens (tertiary/aromatic N) is 1. The van der Waals surface area contributed by atoms with E-state index in [1.165, 1.54) is 19.4 Å². The number of likely N-dealkylation sites (N-methyl/N-ethyl adjacent to an activating group) is 1. The van der Waals surface area contributed by atoms with Crippen LogP contribution in [0.3, 0.4) is 0 Å². The van der Waals surface area contributed by atoms with Crippen LogP contribution in [0.4, 0.5) is 0 Å². The summed E-state index contributed by atoms with van der Waals surface area (Å²) in [5.41, 5.74) is 0. The minimum absolute atomic E-state index is 0.815. The van der Waals surface area contributed by atoms with E-state index in [1.807, 2.05) is 0 Å². The molecule has 0 radical (unpaired) electrons. The largest absolute Gasteiger partial charge is 0.383 e. The van der Waals surface area contributed by atoms with Gasteiger partial charge in [-0.25, -0.2) is 0 Å². The fraction of sp³-hybridized carbons (Fsp3) is 1.00. The maximum absolute atomic E-state index is 5.00. The lowest BCUT2D eigenvalue weighted by molar-refractivity contribution is 0.196. The molecule has 0 heterocycles. The van der Waals surface area contributed by atoms with Gasteiger partial charge in [0.1, 0.15) is 0 Å². The molecular weight excluding hydrogens is 200 g/mol. The van der Waals surface area contributed by atoms with Gasteiger partial charge in [0.2, 0.25) is 0 Å². The summed E-state index contributed by atoms with van der Waals surface area (Å²) < 4.78 is 5.00. The number of hydrogen-bond donors (Lipinski definition) is 1. The van der Waals surface area contributed by atoms with Crippen molar-refractivity contribution in [1.29, 1.82) is 0 Å². The van der Waals surface area contributed by atoms with Gasteiger partial charge >= 0.3 is 0 Å². The Balaban J connectivity index is 1.46. The minimum Gasteiger partial charge on any atom is -0.383 e. The van der Waals surface area contributed by atoms with E-state index in [0.717, 1.165) is 44.0 Å². The van der Waals surface area contributed by atoms with Gasteiger partial charge in [0.15, 0.2) is 0 Å². The molecule has 0 aromatic carbocycles. The Morgan fingerprint density at radius 3 is 2.62 bits per heavy atom. The Bertz CT molecular complexity index is 200. The van der Waals surface area contributed by atoms with E-state index in [0.29, 0.717) is 0 Å². The third kappa shape index (κ3) is 3.72. The molecular formula is C13H26N2O. The molecule has 0 amide bonds. The molecule has 2 unspecified atom stereocenters. The predicted molar refractivity (Wildman–Crippen MR) is 66.6 cm³/mol. The molecule has 0 spiro atoms. The van der Waals surface area contributed by atoms with Gasteiger partial charge in [-0.2, -0.15) is 0 Å². The normalized spacial score (nSPS) is 32.1. The van der Waals surface area contributed by atoms with E-state index in [4.69, 9.17) is 4.74 Å². The average molecular weight is 226 g/mol. The van der Waals surface area contributed by atoms with Crippen molar-refractivity contribution in [3.05, 3.63) is 0 Å². The van der Waals surface area contributed by atoms with Crippen LogP contribution < -0.4 is 5.32 Å². The summed E-state index contributed by atoms with van der Waals surface area (Å²) in [7, 11) is 4.00. The SMILES string of the molecule is COCCNCCN(C)CC1CC2CC2C1. The monoisotopic (exact) mass is 226 g/mol. The molecule has 2 rings (SSSR count). The van der Waals surface area contributed by atoms with Crippen molar-refractivity contribution in [2.24, 2.45) is 17.8 Å². The predicted octanol–water partition coefficient (Wildman–Crippen LogP) is 1.20. The zero-order valence-corrected chi connectivity index (χ0v) is 10.7. The molecule has 2 atom stereocenters. The molecule has 3 nitrogen and oxygen atoms in total. The van der Waals surface area contributed by atoms with Crippen LogP contribution in [0.2, 0.25) is 0 Å². The Kier molecular flexibility index (Phi) is 4.62. The molecule has 3 heteroatoms. The van der Waals surface area contributed by atoms with E-state index in [1.54, 1.807) is 13.5 Å². The van der Waals surface area contributed by atoms with Crippen LogP contribution >= 0.6 is 0 Å². The highest BCUT2D eigenvalue weighted by atomic mass is 16.5. The van der Waals surface area contributed by atoms with Crippen molar-refractivity contribution in [2.75, 3.05) is 46.9 Å². The number of hydrogen-bond acceptors (Lipinski definition) is 3. The first-order valence-corrected chi connectivity index (χ1v) is 6.67. The highest BCUT2D eigenvalue weighted by molar-refractivity contribution is 4.96. The smallest absolute Gasteiger partial charge is 0.0587 e. The average Bonchev–Trinajstić information content (AvgIpc) is 2.86. The lowest BCUT2D eigenvalue weighted by Gasteiger charge is -2.21. The van der Waals surface area contributed by atoms with Crippen LogP contribution in [0.25, 0.3) is 0 Å². The molecule has 16 heavy (non-hydrogen) atoms. The van der Waals surface area contributed by atoms with Crippen molar-refractivity contribution >= 4 is 0 Å². The summed E-state index contributed by atoms with van der Waals surface area (Å²) in [6.07, 6.45) is 4.55. The van der Waals surface area contributed by atoms with Gasteiger partial charge in [0.25, 0.3) is 0 Å². The topological polar surface area (TPSA) is 24.5 Å². The molecule has 1 N–H and O–H groups in total. The maximum Gasteiger partial charge on any atom is 0.0587 e. The molecule has 2 aliphatic rings. The molecule has 0 bridgehead atoms. The molecule has 0 aromatic heterocycles. The van der Waals surface area contributed by atoms with Crippen molar-refractivity contribution in [1.82, 2.24) is 10.2 Å². The number of methoxy groups -OCH3 is 1. The van der Waals surface area contributed by atoms with E-state index in [9.17, 15) is 0 Å². The van der Waals surface area contributed by atoms with Crippen molar-refractivity contribution in [3.8, 4) is 0 Å². The zero-order valence-electron chi connectivity index (χ0n) is 10.7. The standard InChI is InChI=1S/C13H26N2O/c1-15(5-3-14-4-6-16-2)10-11-7-12-9-13(12)8-11/h11-14H,3-10H2,1-2H3. The zero-order chi connectivity index (χ0) is 11.4. The van der Waals surface area contributed by atoms with Crippen molar-refractivity contribution < 1.29 is 4.74 Å². The Morgan fingerprint density at radius 1 is 1.19 bits per heavy atom. The van der Waals surface area contributed by atoms with Crippen molar-refractivity contribution in [3.63, 3.8) is 0 Å². The first-order valence-electron chi connectivity index (χ1n) is 6.67. The van der Waals surface area contributed by atoms with Gasteiger partial charge in [-0.05, 0) is 44.1 Å². The molecule has 94 valence electrons. The maximum atomic E-state index is 5.00. The van der Waals surface area contributed by atoms with Crippen LogP contribution in [0.1, 0.15) is 19.3 Å². The molecule has 2 saturated carbocycles. The summed E-state index contributed by atoms with van der Waals surface area (Å²) in [5.74, 6) is 3.24. The van der Waals surface area contributed by atoms with E-state index >= 15 is 0 Å². The van der Waals surface area contributed by atoms with Gasteiger partial charge < -0.3 is 15.0 Å². The summed E-state index contributed by atoms with van der Waals surface area (Å²) in [5, 5.41) is 3.39. The van der Waals surface area contributed by atoms with Crippen LogP contribution in [0.15, 0.2) is 0 Å². The number of rotatable bonds is 8. The van der Waals surface area contributed by atoms with Crippen LogP contribution in [-0.4, -0.2) is 51.8 Å². The molecule has 0 saturated heterocycles. The van der Waals surface area contributed by atoms with Crippen LogP contribution in [0.5, 0.6) is 0 Å². The summed E-state index contributed by atoms with van der Waals surface area (Å²) in [6, 6.07) is 0. The third-order valence-electron chi connectivity index (χ3n) is 4.06. The highest BCUT2D eigenvalue weighted by Crippen LogP contribution is 2.54. The first kappa shape index (κ1) is 12.3. The number of nitrogens with one attached hydrogen (secondary N) is 1. The van der Waals surface area contributed by atoms with Crippen molar-refractivity contribution in [2.45, 2.75) is 19.3 Å². The molecule has 0 aliphatic heterocycles. The second-order valence-electron chi connectivity index (χ2n) is 5.60. The second-order valence-corrected chi connectivity index (χ2v) is 5.60. The Labute approximate surface area is 99.5 Å². The summed E-state index contributed by atoms with van der Waals surface area (Å²) >= 11 is 0. The Morgan fingerprint density at radius 2 is 1.94 bits per heavy atom. The molecule has 2 aliphatic carbocycles. The van der Waals surface area contributed by atoms with Crippen LogP contribution in [0, 0.1) is 17.8 Å². The molecule has 2 fully saturated rings. The van der Waals surface area contributed by atoms with Gasteiger partial charge in [0.05, 0.1) is 6.61 Å². The highest BCUT2D eigenvalue weighted by Gasteiger charge is 2.45. The fourth-order valence-electron chi connectivity index (χ4n) is 3.09. The fourth-order valence-corrected chi connectivity index (χ4v) is 3.09. The van der Waals surface area contributed by atoms with E-state index in [2.05, 4.69) is 17.3 Å². The number of fused-ring (bicyclic) bond motifs is 1. The second kappa shape index (κ2) is 5.99. The quantitative estimate of drug-likeness (QED) is 0.629. The van der Waals surface area contributed by atoms with Gasteiger partial charge in [-0.3, -0.25) is 0 Å².